The van der Waals surface area contributed by atoms with Gasteiger partial charge in [-0.1, -0.05) is 20.8 Å². The Balaban J connectivity index is 2.95. The van der Waals surface area contributed by atoms with Crippen LogP contribution in [0.25, 0.3) is 0 Å². The molecule has 3 nitrogen and oxygen atoms in total. The van der Waals surface area contributed by atoms with Gasteiger partial charge in [0.1, 0.15) is 0 Å². The highest BCUT2D eigenvalue weighted by Gasteiger charge is 2.22. The fourth-order valence-electron chi connectivity index (χ4n) is 1.58. The van der Waals surface area contributed by atoms with Crippen molar-refractivity contribution < 1.29 is 0 Å². The fraction of sp³-hybridized carbons (Fsp3) is 0.769. The minimum absolute atomic E-state index is 0.114. The van der Waals surface area contributed by atoms with Crippen LogP contribution in [0, 0.1) is 0 Å². The summed E-state index contributed by atoms with van der Waals surface area (Å²) in [4.78, 5) is 0. The SMILES string of the molecule is CNC(C)(C)Cc1cc(C(C)(C)C)nn1C. The summed E-state index contributed by atoms with van der Waals surface area (Å²) in [5.74, 6) is 0. The van der Waals surface area contributed by atoms with Gasteiger partial charge in [0.05, 0.1) is 5.69 Å². The molecule has 0 spiro atoms. The first-order valence-electron chi connectivity index (χ1n) is 5.88. The van der Waals surface area contributed by atoms with Crippen molar-refractivity contribution in [2.24, 2.45) is 7.05 Å². The Morgan fingerprint density at radius 2 is 1.81 bits per heavy atom. The predicted molar refractivity (Wildman–Crippen MR) is 68.8 cm³/mol. The lowest BCUT2D eigenvalue weighted by Gasteiger charge is -2.23. The molecular formula is C13H25N3. The van der Waals surface area contributed by atoms with Crippen LogP contribution in [-0.4, -0.2) is 22.4 Å². The molecule has 0 aliphatic heterocycles. The van der Waals surface area contributed by atoms with Crippen LogP contribution in [0.2, 0.25) is 0 Å². The van der Waals surface area contributed by atoms with Crippen LogP contribution in [0.15, 0.2) is 6.07 Å². The lowest BCUT2D eigenvalue weighted by atomic mass is 9.91. The topological polar surface area (TPSA) is 29.9 Å². The highest BCUT2D eigenvalue weighted by molar-refractivity contribution is 5.19. The average Bonchev–Trinajstić information content (AvgIpc) is 2.47. The highest BCUT2D eigenvalue weighted by atomic mass is 15.3. The standard InChI is InChI=1S/C13H25N3/c1-12(2,3)11-8-10(16(7)15-11)9-13(4,5)14-6/h8,14H,9H2,1-7H3. The van der Waals surface area contributed by atoms with Crippen molar-refractivity contribution in [3.8, 4) is 0 Å². The summed E-state index contributed by atoms with van der Waals surface area (Å²) >= 11 is 0. The van der Waals surface area contributed by atoms with Gasteiger partial charge in [-0.25, -0.2) is 0 Å². The quantitative estimate of drug-likeness (QED) is 0.852. The summed E-state index contributed by atoms with van der Waals surface area (Å²) in [6.45, 7) is 11.0. The maximum Gasteiger partial charge on any atom is 0.0680 e. The highest BCUT2D eigenvalue weighted by Crippen LogP contribution is 2.23. The normalized spacial score (nSPS) is 13.2. The first kappa shape index (κ1) is 13.2. The van der Waals surface area contributed by atoms with E-state index in [0.717, 1.165) is 12.1 Å². The van der Waals surface area contributed by atoms with E-state index in [1.807, 2.05) is 18.8 Å². The van der Waals surface area contributed by atoms with Crippen LogP contribution >= 0.6 is 0 Å². The second-order valence-electron chi connectivity index (χ2n) is 6.21. The van der Waals surface area contributed by atoms with Gasteiger partial charge in [0, 0.05) is 30.1 Å². The van der Waals surface area contributed by atoms with E-state index in [9.17, 15) is 0 Å². The van der Waals surface area contributed by atoms with Crippen LogP contribution in [0.3, 0.4) is 0 Å². The Morgan fingerprint density at radius 1 is 1.25 bits per heavy atom. The summed E-state index contributed by atoms with van der Waals surface area (Å²) in [6.07, 6.45) is 0.989. The maximum absolute atomic E-state index is 4.59. The molecule has 1 heterocycles. The second-order valence-corrected chi connectivity index (χ2v) is 6.21. The number of aryl methyl sites for hydroxylation is 1. The van der Waals surface area contributed by atoms with Crippen LogP contribution in [-0.2, 0) is 18.9 Å². The van der Waals surface area contributed by atoms with E-state index in [2.05, 4.69) is 51.1 Å². The predicted octanol–water partition coefficient (Wildman–Crippen LogP) is 2.26. The van der Waals surface area contributed by atoms with E-state index in [1.54, 1.807) is 0 Å². The van der Waals surface area contributed by atoms with Crippen molar-refractivity contribution in [3.05, 3.63) is 17.5 Å². The zero-order chi connectivity index (χ0) is 12.6. The Labute approximate surface area is 99.2 Å². The number of hydrogen-bond donors (Lipinski definition) is 1. The number of hydrogen-bond acceptors (Lipinski definition) is 2. The molecule has 0 unspecified atom stereocenters. The minimum Gasteiger partial charge on any atom is -0.314 e. The first-order chi connectivity index (χ1) is 7.15. The van der Waals surface area contributed by atoms with Gasteiger partial charge in [0.25, 0.3) is 0 Å². The molecule has 0 aliphatic rings. The maximum atomic E-state index is 4.59. The largest absolute Gasteiger partial charge is 0.314 e. The van der Waals surface area contributed by atoms with Crippen LogP contribution in [0.5, 0.6) is 0 Å². The summed E-state index contributed by atoms with van der Waals surface area (Å²) in [6, 6.07) is 2.22. The molecule has 16 heavy (non-hydrogen) atoms. The van der Waals surface area contributed by atoms with Gasteiger partial charge >= 0.3 is 0 Å². The first-order valence-corrected chi connectivity index (χ1v) is 5.88. The number of aromatic nitrogens is 2. The number of likely N-dealkylation sites (N-methyl/N-ethyl adjacent to an activating group) is 1. The van der Waals surface area contributed by atoms with Crippen molar-refractivity contribution in [2.75, 3.05) is 7.05 Å². The third-order valence-electron chi connectivity index (χ3n) is 3.04. The van der Waals surface area contributed by atoms with Gasteiger partial charge < -0.3 is 5.32 Å². The van der Waals surface area contributed by atoms with Crippen LogP contribution in [0.1, 0.15) is 46.0 Å². The van der Waals surface area contributed by atoms with Crippen molar-refractivity contribution in [1.29, 1.82) is 0 Å². The third kappa shape index (κ3) is 3.08. The fourth-order valence-corrected chi connectivity index (χ4v) is 1.58. The molecule has 1 aromatic rings. The van der Waals surface area contributed by atoms with Gasteiger partial charge in [0.15, 0.2) is 0 Å². The zero-order valence-corrected chi connectivity index (χ0v) is 11.7. The molecule has 0 atom stereocenters. The molecule has 0 bridgehead atoms. The summed E-state index contributed by atoms with van der Waals surface area (Å²) in [7, 11) is 4.03. The Kier molecular flexibility index (Phi) is 3.48. The molecule has 1 aromatic heterocycles. The summed E-state index contributed by atoms with van der Waals surface area (Å²) in [5.41, 5.74) is 2.68. The Morgan fingerprint density at radius 3 is 2.19 bits per heavy atom. The summed E-state index contributed by atoms with van der Waals surface area (Å²) in [5, 5.41) is 7.91. The molecule has 0 fully saturated rings. The van der Waals surface area contributed by atoms with Crippen molar-refractivity contribution in [2.45, 2.75) is 52.0 Å². The molecule has 0 aromatic carbocycles. The molecule has 1 rings (SSSR count). The van der Waals surface area contributed by atoms with E-state index >= 15 is 0 Å². The van der Waals surface area contributed by atoms with Gasteiger partial charge in [-0.2, -0.15) is 5.10 Å². The van der Waals surface area contributed by atoms with Gasteiger partial charge in [-0.15, -0.1) is 0 Å². The average molecular weight is 223 g/mol. The van der Waals surface area contributed by atoms with Crippen molar-refractivity contribution >= 4 is 0 Å². The van der Waals surface area contributed by atoms with E-state index in [-0.39, 0.29) is 11.0 Å². The number of nitrogens with one attached hydrogen (secondary N) is 1. The van der Waals surface area contributed by atoms with Gasteiger partial charge in [0.2, 0.25) is 0 Å². The van der Waals surface area contributed by atoms with E-state index in [1.165, 1.54) is 5.69 Å². The van der Waals surface area contributed by atoms with Crippen molar-refractivity contribution in [3.63, 3.8) is 0 Å². The second kappa shape index (κ2) is 4.21. The molecule has 0 amide bonds. The summed E-state index contributed by atoms with van der Waals surface area (Å²) < 4.78 is 2.00. The Bertz CT molecular complexity index is 356. The molecule has 3 heteroatoms. The molecule has 0 radical (unpaired) electrons. The monoisotopic (exact) mass is 223 g/mol. The zero-order valence-electron chi connectivity index (χ0n) is 11.7. The molecule has 92 valence electrons. The van der Waals surface area contributed by atoms with Gasteiger partial charge in [-0.05, 0) is 27.0 Å². The number of rotatable bonds is 3. The molecule has 0 saturated heterocycles. The van der Waals surface area contributed by atoms with Crippen molar-refractivity contribution in [1.82, 2.24) is 15.1 Å². The lowest BCUT2D eigenvalue weighted by molar-refractivity contribution is 0.410. The minimum atomic E-state index is 0.114. The van der Waals surface area contributed by atoms with E-state index in [0.29, 0.717) is 0 Å². The van der Waals surface area contributed by atoms with E-state index < -0.39 is 0 Å². The third-order valence-corrected chi connectivity index (χ3v) is 3.04. The molecular weight excluding hydrogens is 198 g/mol. The molecule has 0 aliphatic carbocycles. The van der Waals surface area contributed by atoms with Crippen LogP contribution < -0.4 is 5.32 Å². The van der Waals surface area contributed by atoms with E-state index in [4.69, 9.17) is 0 Å². The number of nitrogens with zero attached hydrogens (tertiary/aromatic N) is 2. The molecule has 1 N–H and O–H groups in total. The van der Waals surface area contributed by atoms with Crippen LogP contribution in [0.4, 0.5) is 0 Å². The smallest absolute Gasteiger partial charge is 0.0680 e. The lowest BCUT2D eigenvalue weighted by Crippen LogP contribution is -2.38. The van der Waals surface area contributed by atoms with Gasteiger partial charge in [-0.3, -0.25) is 4.68 Å². The molecule has 0 saturated carbocycles. The Hall–Kier alpha value is -0.830.